The Hall–Kier alpha value is -0.470. The Morgan fingerprint density at radius 3 is 2.18 bits per heavy atom. The topological polar surface area (TPSA) is 26.0 Å². The van der Waals surface area contributed by atoms with Crippen molar-refractivity contribution in [1.29, 1.82) is 0 Å². The minimum Gasteiger partial charge on any atom is -0.323 e. The average Bonchev–Trinajstić information content (AvgIpc) is 2.35. The van der Waals surface area contributed by atoms with Crippen molar-refractivity contribution in [2.45, 2.75) is 50.7 Å². The highest BCUT2D eigenvalue weighted by Crippen LogP contribution is 2.32. The van der Waals surface area contributed by atoms with Gasteiger partial charge in [0.05, 0.1) is 0 Å². The second-order valence-corrected chi connectivity index (χ2v) is 6.59. The van der Waals surface area contributed by atoms with Crippen LogP contribution >= 0.6 is 11.8 Å². The van der Waals surface area contributed by atoms with E-state index in [9.17, 15) is 0 Å². The summed E-state index contributed by atoms with van der Waals surface area (Å²) in [5.74, 6) is 0.706. The first-order chi connectivity index (χ1) is 8.06. The molecule has 1 nitrogen and oxygen atoms in total. The lowest BCUT2D eigenvalue weighted by Gasteiger charge is -2.27. The molecule has 2 heteroatoms. The van der Waals surface area contributed by atoms with Gasteiger partial charge in [-0.3, -0.25) is 0 Å². The van der Waals surface area contributed by atoms with Crippen LogP contribution in [0.25, 0.3) is 0 Å². The van der Waals surface area contributed by atoms with Crippen LogP contribution in [0.1, 0.15) is 45.7 Å². The van der Waals surface area contributed by atoms with Gasteiger partial charge < -0.3 is 5.73 Å². The zero-order valence-electron chi connectivity index (χ0n) is 11.4. The first-order valence-corrected chi connectivity index (χ1v) is 7.46. The summed E-state index contributed by atoms with van der Waals surface area (Å²) >= 11 is 2.03. The van der Waals surface area contributed by atoms with Crippen molar-refractivity contribution >= 4 is 11.8 Å². The molecule has 0 radical (unpaired) electrons. The standard InChI is InChI=1S/C15H25NS/c1-5-14(17-12(4)11(2)3)15(16)13-9-7-6-8-10-13/h6-12,14-15H,5,16H2,1-4H3. The Labute approximate surface area is 110 Å². The van der Waals surface area contributed by atoms with E-state index in [0.717, 1.165) is 6.42 Å². The summed E-state index contributed by atoms with van der Waals surface area (Å²) in [6.45, 7) is 9.08. The third-order valence-electron chi connectivity index (χ3n) is 3.32. The van der Waals surface area contributed by atoms with Gasteiger partial charge in [-0.15, -0.1) is 0 Å². The van der Waals surface area contributed by atoms with E-state index < -0.39 is 0 Å². The smallest absolute Gasteiger partial charge is 0.0415 e. The molecule has 1 rings (SSSR count). The van der Waals surface area contributed by atoms with Gasteiger partial charge in [0.15, 0.2) is 0 Å². The fraction of sp³-hybridized carbons (Fsp3) is 0.600. The monoisotopic (exact) mass is 251 g/mol. The van der Waals surface area contributed by atoms with Crippen LogP contribution in [0.15, 0.2) is 30.3 Å². The molecule has 17 heavy (non-hydrogen) atoms. The molecule has 0 fully saturated rings. The number of hydrogen-bond donors (Lipinski definition) is 1. The van der Waals surface area contributed by atoms with Gasteiger partial charge in [-0.2, -0.15) is 11.8 Å². The van der Waals surface area contributed by atoms with Crippen molar-refractivity contribution < 1.29 is 0 Å². The minimum absolute atomic E-state index is 0.146. The number of benzene rings is 1. The van der Waals surface area contributed by atoms with Crippen LogP contribution in [0.5, 0.6) is 0 Å². The Morgan fingerprint density at radius 2 is 1.71 bits per heavy atom. The van der Waals surface area contributed by atoms with Crippen LogP contribution in [0.2, 0.25) is 0 Å². The molecule has 0 aliphatic heterocycles. The van der Waals surface area contributed by atoms with E-state index in [1.54, 1.807) is 0 Å². The van der Waals surface area contributed by atoms with E-state index in [-0.39, 0.29) is 6.04 Å². The van der Waals surface area contributed by atoms with Gasteiger partial charge in [0.2, 0.25) is 0 Å². The fourth-order valence-corrected chi connectivity index (χ4v) is 3.14. The van der Waals surface area contributed by atoms with Crippen molar-refractivity contribution in [3.8, 4) is 0 Å². The molecular formula is C15H25NS. The van der Waals surface area contributed by atoms with Gasteiger partial charge in [-0.05, 0) is 17.9 Å². The number of nitrogens with two attached hydrogens (primary N) is 1. The largest absolute Gasteiger partial charge is 0.323 e. The third-order valence-corrected chi connectivity index (χ3v) is 5.27. The second kappa shape index (κ2) is 7.07. The molecule has 0 aliphatic carbocycles. The highest BCUT2D eigenvalue weighted by Gasteiger charge is 2.21. The maximum Gasteiger partial charge on any atom is 0.0415 e. The van der Waals surface area contributed by atoms with Gasteiger partial charge in [0, 0.05) is 16.5 Å². The molecule has 3 unspecified atom stereocenters. The molecule has 0 spiro atoms. The Kier molecular flexibility index (Phi) is 6.07. The number of hydrogen-bond acceptors (Lipinski definition) is 2. The molecule has 3 atom stereocenters. The molecule has 0 aromatic heterocycles. The van der Waals surface area contributed by atoms with Gasteiger partial charge in [-0.25, -0.2) is 0 Å². The summed E-state index contributed by atoms with van der Waals surface area (Å²) in [5, 5.41) is 1.17. The van der Waals surface area contributed by atoms with Crippen LogP contribution in [0.4, 0.5) is 0 Å². The van der Waals surface area contributed by atoms with Crippen LogP contribution in [-0.2, 0) is 0 Å². The maximum atomic E-state index is 6.38. The van der Waals surface area contributed by atoms with Gasteiger partial charge >= 0.3 is 0 Å². The van der Waals surface area contributed by atoms with Crippen LogP contribution in [0.3, 0.4) is 0 Å². The van der Waals surface area contributed by atoms with Crippen molar-refractivity contribution in [3.63, 3.8) is 0 Å². The summed E-state index contributed by atoms with van der Waals surface area (Å²) in [4.78, 5) is 0. The molecule has 0 bridgehead atoms. The lowest BCUT2D eigenvalue weighted by molar-refractivity contribution is 0.616. The maximum absolute atomic E-state index is 6.38. The third kappa shape index (κ3) is 4.36. The van der Waals surface area contributed by atoms with Crippen LogP contribution in [0, 0.1) is 5.92 Å². The molecule has 0 saturated heterocycles. The average molecular weight is 251 g/mol. The molecule has 1 aromatic carbocycles. The van der Waals surface area contributed by atoms with Gasteiger partial charge in [0.25, 0.3) is 0 Å². The van der Waals surface area contributed by atoms with Crippen molar-refractivity contribution in [2.75, 3.05) is 0 Å². The summed E-state index contributed by atoms with van der Waals surface area (Å²) in [6, 6.07) is 10.6. The molecule has 0 aliphatic rings. The second-order valence-electron chi connectivity index (χ2n) is 4.97. The predicted octanol–water partition coefficient (Wildman–Crippen LogP) is 4.24. The fourth-order valence-electron chi connectivity index (χ4n) is 1.76. The van der Waals surface area contributed by atoms with Gasteiger partial charge in [0.1, 0.15) is 0 Å². The molecular weight excluding hydrogens is 226 g/mol. The van der Waals surface area contributed by atoms with E-state index in [4.69, 9.17) is 5.73 Å². The van der Waals surface area contributed by atoms with Crippen LogP contribution in [-0.4, -0.2) is 10.5 Å². The SMILES string of the molecule is CCC(SC(C)C(C)C)C(N)c1ccccc1. The van der Waals surface area contributed by atoms with Crippen molar-refractivity contribution in [2.24, 2.45) is 11.7 Å². The van der Waals surface area contributed by atoms with Crippen LogP contribution < -0.4 is 5.73 Å². The lowest BCUT2D eigenvalue weighted by atomic mass is 10.0. The normalized spacial score (nSPS) is 16.8. The summed E-state index contributed by atoms with van der Waals surface area (Å²) in [6.07, 6.45) is 1.12. The van der Waals surface area contributed by atoms with E-state index in [1.807, 2.05) is 17.8 Å². The molecule has 2 N–H and O–H groups in total. The highest BCUT2D eigenvalue weighted by atomic mass is 32.2. The number of thioether (sulfide) groups is 1. The first-order valence-electron chi connectivity index (χ1n) is 6.52. The minimum atomic E-state index is 0.146. The lowest BCUT2D eigenvalue weighted by Crippen LogP contribution is -2.26. The molecule has 1 aromatic rings. The Morgan fingerprint density at radius 1 is 1.12 bits per heavy atom. The molecule has 0 amide bonds. The first kappa shape index (κ1) is 14.6. The molecule has 0 heterocycles. The Balaban J connectivity index is 2.67. The van der Waals surface area contributed by atoms with Crippen molar-refractivity contribution in [3.05, 3.63) is 35.9 Å². The van der Waals surface area contributed by atoms with E-state index >= 15 is 0 Å². The summed E-state index contributed by atoms with van der Waals surface area (Å²) in [7, 11) is 0. The van der Waals surface area contributed by atoms with E-state index in [0.29, 0.717) is 16.4 Å². The zero-order chi connectivity index (χ0) is 12.8. The van der Waals surface area contributed by atoms with Gasteiger partial charge in [-0.1, -0.05) is 58.0 Å². The molecule has 0 saturated carbocycles. The van der Waals surface area contributed by atoms with Crippen molar-refractivity contribution in [1.82, 2.24) is 0 Å². The van der Waals surface area contributed by atoms with E-state index in [1.165, 1.54) is 5.56 Å². The Bertz CT molecular complexity index is 310. The summed E-state index contributed by atoms with van der Waals surface area (Å²) < 4.78 is 0. The number of rotatable bonds is 6. The summed E-state index contributed by atoms with van der Waals surface area (Å²) in [5.41, 5.74) is 7.63. The van der Waals surface area contributed by atoms with E-state index in [2.05, 4.69) is 52.0 Å². The predicted molar refractivity (Wildman–Crippen MR) is 79.3 cm³/mol. The zero-order valence-corrected chi connectivity index (χ0v) is 12.2. The molecule has 96 valence electrons. The highest BCUT2D eigenvalue weighted by molar-refractivity contribution is 8.00. The quantitative estimate of drug-likeness (QED) is 0.818.